The van der Waals surface area contributed by atoms with Crippen LogP contribution in [-0.2, 0) is 9.59 Å². The van der Waals surface area contributed by atoms with Crippen molar-refractivity contribution in [3.05, 3.63) is 46.8 Å². The maximum atomic E-state index is 12.3. The molecule has 22 heavy (non-hydrogen) atoms. The lowest BCUT2D eigenvalue weighted by Crippen LogP contribution is -2.30. The van der Waals surface area contributed by atoms with Gasteiger partial charge in [0.25, 0.3) is 0 Å². The van der Waals surface area contributed by atoms with Gasteiger partial charge in [0.15, 0.2) is 11.6 Å². The van der Waals surface area contributed by atoms with Gasteiger partial charge in [-0.1, -0.05) is 27.7 Å². The second-order valence-electron chi connectivity index (χ2n) is 6.52. The summed E-state index contributed by atoms with van der Waals surface area (Å²) in [5.74, 6) is 0.682. The fourth-order valence-electron chi connectivity index (χ4n) is 2.36. The molecule has 2 rings (SSSR count). The second kappa shape index (κ2) is 6.77. The third-order valence-corrected chi connectivity index (χ3v) is 3.49. The molecule has 0 saturated carbocycles. The highest BCUT2D eigenvalue weighted by Crippen LogP contribution is 2.28. The number of fused-ring (bicyclic) bond motifs is 1. The highest BCUT2D eigenvalue weighted by atomic mass is 16.1. The van der Waals surface area contributed by atoms with E-state index in [0.29, 0.717) is 23.0 Å². The molecular formula is C18H24N2O2. The van der Waals surface area contributed by atoms with Gasteiger partial charge in [-0.05, 0) is 36.1 Å². The first-order valence-electron chi connectivity index (χ1n) is 7.81. The van der Waals surface area contributed by atoms with Crippen molar-refractivity contribution < 1.29 is 9.59 Å². The van der Waals surface area contributed by atoms with Gasteiger partial charge in [0.1, 0.15) is 0 Å². The first-order chi connectivity index (χ1) is 10.4. The van der Waals surface area contributed by atoms with Crippen LogP contribution in [-0.4, -0.2) is 24.7 Å². The van der Waals surface area contributed by atoms with Crippen molar-refractivity contribution in [1.82, 2.24) is 10.6 Å². The van der Waals surface area contributed by atoms with E-state index in [0.717, 1.165) is 24.5 Å². The summed E-state index contributed by atoms with van der Waals surface area (Å²) in [7, 11) is 0. The zero-order valence-electron chi connectivity index (χ0n) is 13.7. The second-order valence-corrected chi connectivity index (χ2v) is 6.52. The number of nitrogens with one attached hydrogen (secondary N) is 2. The van der Waals surface area contributed by atoms with E-state index in [1.165, 1.54) is 12.2 Å². The molecule has 0 aromatic heterocycles. The molecule has 0 amide bonds. The van der Waals surface area contributed by atoms with E-state index < -0.39 is 0 Å². The molecule has 4 nitrogen and oxygen atoms in total. The van der Waals surface area contributed by atoms with Crippen LogP contribution in [0.4, 0.5) is 0 Å². The molecule has 0 aliphatic heterocycles. The van der Waals surface area contributed by atoms with Gasteiger partial charge in [-0.25, -0.2) is 0 Å². The summed E-state index contributed by atoms with van der Waals surface area (Å²) in [5, 5.41) is 6.56. The van der Waals surface area contributed by atoms with Crippen LogP contribution < -0.4 is 10.6 Å². The van der Waals surface area contributed by atoms with Gasteiger partial charge in [0.2, 0.25) is 0 Å². The van der Waals surface area contributed by atoms with Gasteiger partial charge in [-0.2, -0.15) is 0 Å². The van der Waals surface area contributed by atoms with Crippen molar-refractivity contribution >= 4 is 11.6 Å². The predicted octanol–water partition coefficient (Wildman–Crippen LogP) is 2.26. The molecule has 2 N–H and O–H groups in total. The van der Waals surface area contributed by atoms with Gasteiger partial charge >= 0.3 is 0 Å². The van der Waals surface area contributed by atoms with Gasteiger partial charge in [0, 0.05) is 24.5 Å². The van der Waals surface area contributed by atoms with Crippen LogP contribution in [0.2, 0.25) is 0 Å². The number of carbonyl (C=O) groups excluding carboxylic acids is 2. The Hall–Kier alpha value is -2.10. The van der Waals surface area contributed by atoms with E-state index in [1.807, 2.05) is 0 Å². The lowest BCUT2D eigenvalue weighted by atomic mass is 9.86. The van der Waals surface area contributed by atoms with E-state index in [1.54, 1.807) is 12.2 Å². The average Bonchev–Trinajstić information content (AvgIpc) is 2.45. The normalized spacial score (nSPS) is 17.7. The zero-order valence-corrected chi connectivity index (χ0v) is 13.7. The minimum atomic E-state index is -0.117. The zero-order chi connectivity index (χ0) is 16.3. The Morgan fingerprint density at radius 2 is 1.09 bits per heavy atom. The Morgan fingerprint density at radius 3 is 1.41 bits per heavy atom. The van der Waals surface area contributed by atoms with E-state index in [9.17, 15) is 9.59 Å². The summed E-state index contributed by atoms with van der Waals surface area (Å²) in [5.41, 5.74) is 2.45. The van der Waals surface area contributed by atoms with Crippen molar-refractivity contribution in [3.8, 4) is 0 Å². The summed E-state index contributed by atoms with van der Waals surface area (Å²) in [6.45, 7) is 9.93. The fraction of sp³-hybridized carbons (Fsp3) is 0.444. The minimum Gasteiger partial charge on any atom is -0.384 e. The van der Waals surface area contributed by atoms with Crippen LogP contribution in [0.1, 0.15) is 27.7 Å². The summed E-state index contributed by atoms with van der Waals surface area (Å²) in [6.07, 6.45) is 6.48. The smallest absolute Gasteiger partial charge is 0.188 e. The molecule has 0 radical (unpaired) electrons. The van der Waals surface area contributed by atoms with Crippen LogP contribution >= 0.6 is 0 Å². The lowest BCUT2D eigenvalue weighted by molar-refractivity contribution is -0.114. The Bertz CT molecular complexity index is 551. The molecule has 2 aliphatic carbocycles. The van der Waals surface area contributed by atoms with Crippen LogP contribution in [0, 0.1) is 11.8 Å². The number of rotatable bonds is 6. The number of ketones is 2. The summed E-state index contributed by atoms with van der Waals surface area (Å²) >= 11 is 0. The molecule has 118 valence electrons. The fourth-order valence-corrected chi connectivity index (χ4v) is 2.36. The Kier molecular flexibility index (Phi) is 5.01. The van der Waals surface area contributed by atoms with Gasteiger partial charge in [0.05, 0.1) is 11.1 Å². The van der Waals surface area contributed by atoms with Gasteiger partial charge in [-0.3, -0.25) is 9.59 Å². The molecule has 0 heterocycles. The largest absolute Gasteiger partial charge is 0.384 e. The van der Waals surface area contributed by atoms with Crippen molar-refractivity contribution in [3.63, 3.8) is 0 Å². The first-order valence-corrected chi connectivity index (χ1v) is 7.81. The monoisotopic (exact) mass is 300 g/mol. The number of allylic oxidation sites excluding steroid dienone is 6. The molecule has 0 atom stereocenters. The van der Waals surface area contributed by atoms with Crippen molar-refractivity contribution in [2.75, 3.05) is 13.1 Å². The number of hydrogen-bond donors (Lipinski definition) is 2. The maximum Gasteiger partial charge on any atom is 0.188 e. The summed E-state index contributed by atoms with van der Waals surface area (Å²) in [6, 6.07) is 0. The third kappa shape index (κ3) is 3.56. The highest BCUT2D eigenvalue weighted by molar-refractivity contribution is 6.23. The van der Waals surface area contributed by atoms with Crippen LogP contribution in [0.3, 0.4) is 0 Å². The molecular weight excluding hydrogens is 276 g/mol. The van der Waals surface area contributed by atoms with E-state index in [4.69, 9.17) is 0 Å². The Balaban J connectivity index is 2.39. The van der Waals surface area contributed by atoms with Gasteiger partial charge < -0.3 is 10.6 Å². The SMILES string of the molecule is CC(C)CNC1=C2C(=O)C=CC(NCC(C)C)=C2C(=O)C=C1. The molecule has 0 bridgehead atoms. The number of carbonyl (C=O) groups is 2. The van der Waals surface area contributed by atoms with Crippen LogP contribution in [0.5, 0.6) is 0 Å². The first kappa shape index (κ1) is 16.3. The Morgan fingerprint density at radius 1 is 0.727 bits per heavy atom. The van der Waals surface area contributed by atoms with E-state index in [2.05, 4.69) is 38.3 Å². The van der Waals surface area contributed by atoms with Crippen molar-refractivity contribution in [1.29, 1.82) is 0 Å². The van der Waals surface area contributed by atoms with Crippen molar-refractivity contribution in [2.24, 2.45) is 11.8 Å². The molecule has 4 heteroatoms. The summed E-state index contributed by atoms with van der Waals surface area (Å²) < 4.78 is 0. The topological polar surface area (TPSA) is 58.2 Å². The third-order valence-electron chi connectivity index (χ3n) is 3.49. The quantitative estimate of drug-likeness (QED) is 0.790. The van der Waals surface area contributed by atoms with E-state index in [-0.39, 0.29) is 11.6 Å². The standard InChI is InChI=1S/C18H24N2O2/c1-11(2)9-19-13-5-7-16(22)18-14(20-10-12(3)4)6-8-15(21)17(13)18/h5-8,11-12,19-20H,9-10H2,1-4H3. The minimum absolute atomic E-state index is 0.117. The molecule has 0 fully saturated rings. The van der Waals surface area contributed by atoms with Gasteiger partial charge in [-0.15, -0.1) is 0 Å². The summed E-state index contributed by atoms with van der Waals surface area (Å²) in [4.78, 5) is 24.6. The molecule has 2 aliphatic rings. The average molecular weight is 300 g/mol. The Labute approximate surface area is 132 Å². The predicted molar refractivity (Wildman–Crippen MR) is 88.0 cm³/mol. The molecule has 0 aromatic carbocycles. The van der Waals surface area contributed by atoms with Crippen molar-refractivity contribution in [2.45, 2.75) is 27.7 Å². The van der Waals surface area contributed by atoms with Crippen LogP contribution in [0.25, 0.3) is 0 Å². The number of hydrogen-bond acceptors (Lipinski definition) is 4. The molecule has 0 spiro atoms. The molecule has 0 aromatic rings. The highest BCUT2D eigenvalue weighted by Gasteiger charge is 2.30. The lowest BCUT2D eigenvalue weighted by Gasteiger charge is -2.24. The van der Waals surface area contributed by atoms with E-state index >= 15 is 0 Å². The maximum absolute atomic E-state index is 12.3. The molecule has 0 unspecified atom stereocenters. The molecule has 0 saturated heterocycles. The van der Waals surface area contributed by atoms with Crippen LogP contribution in [0.15, 0.2) is 46.8 Å².